The maximum Gasteiger partial charge on any atom is 0.320 e. The molecular formula is C14H23N5O2. The van der Waals surface area contributed by atoms with E-state index < -0.39 is 0 Å². The van der Waals surface area contributed by atoms with Crippen molar-refractivity contribution in [1.29, 1.82) is 0 Å². The van der Waals surface area contributed by atoms with E-state index in [0.29, 0.717) is 13.2 Å². The first-order chi connectivity index (χ1) is 10.1. The monoisotopic (exact) mass is 293 g/mol. The summed E-state index contributed by atoms with van der Waals surface area (Å²) in [5, 5.41) is 8.66. The van der Waals surface area contributed by atoms with Gasteiger partial charge in [-0.1, -0.05) is 5.21 Å². The largest absolute Gasteiger partial charge is 0.382 e. The Morgan fingerprint density at radius 1 is 1.43 bits per heavy atom. The summed E-state index contributed by atoms with van der Waals surface area (Å²) >= 11 is 0. The first-order valence-corrected chi connectivity index (χ1v) is 7.51. The van der Waals surface area contributed by atoms with E-state index in [1.807, 2.05) is 9.58 Å². The summed E-state index contributed by atoms with van der Waals surface area (Å²) < 4.78 is 7.35. The molecule has 1 aliphatic carbocycles. The molecule has 1 aliphatic heterocycles. The van der Waals surface area contributed by atoms with Crippen LogP contribution in [0.5, 0.6) is 0 Å². The summed E-state index contributed by atoms with van der Waals surface area (Å²) in [6.45, 7) is 2.11. The van der Waals surface area contributed by atoms with Gasteiger partial charge in [0.15, 0.2) is 0 Å². The summed E-state index contributed by atoms with van der Waals surface area (Å²) in [4.78, 5) is 15.8. The van der Waals surface area contributed by atoms with Gasteiger partial charge in [0, 0.05) is 40.7 Å². The molecule has 0 radical (unpaired) electrons. The number of aromatic nitrogens is 3. The quantitative estimate of drug-likeness (QED) is 0.828. The molecule has 2 aliphatic rings. The molecule has 2 heterocycles. The first kappa shape index (κ1) is 14.3. The van der Waals surface area contributed by atoms with Crippen molar-refractivity contribution in [3.63, 3.8) is 0 Å². The summed E-state index contributed by atoms with van der Waals surface area (Å²) in [6.07, 6.45) is 3.40. The molecule has 0 aromatic carbocycles. The van der Waals surface area contributed by atoms with E-state index in [-0.39, 0.29) is 12.1 Å². The molecule has 3 rings (SSSR count). The van der Waals surface area contributed by atoms with Crippen molar-refractivity contribution in [2.24, 2.45) is 5.92 Å². The van der Waals surface area contributed by atoms with Crippen molar-refractivity contribution in [1.82, 2.24) is 24.8 Å². The van der Waals surface area contributed by atoms with Gasteiger partial charge >= 0.3 is 6.03 Å². The van der Waals surface area contributed by atoms with Gasteiger partial charge < -0.3 is 14.5 Å². The third-order valence-electron chi connectivity index (χ3n) is 4.23. The fourth-order valence-electron chi connectivity index (χ4n) is 2.90. The third kappa shape index (κ3) is 2.74. The van der Waals surface area contributed by atoms with Gasteiger partial charge in [0.2, 0.25) is 0 Å². The van der Waals surface area contributed by atoms with Crippen LogP contribution in [0.1, 0.15) is 30.3 Å². The Morgan fingerprint density at radius 3 is 2.81 bits per heavy atom. The molecule has 116 valence electrons. The average molecular weight is 293 g/mol. The van der Waals surface area contributed by atoms with Gasteiger partial charge in [-0.25, -0.2) is 9.48 Å². The van der Waals surface area contributed by atoms with Gasteiger partial charge in [0.05, 0.1) is 12.3 Å². The Balaban J connectivity index is 1.86. The van der Waals surface area contributed by atoms with E-state index >= 15 is 0 Å². The number of amides is 2. The molecule has 1 fully saturated rings. The number of hydrogen-bond donors (Lipinski definition) is 0. The predicted octanol–water partition coefficient (Wildman–Crippen LogP) is 0.915. The van der Waals surface area contributed by atoms with Crippen molar-refractivity contribution in [2.45, 2.75) is 31.8 Å². The van der Waals surface area contributed by atoms with Crippen molar-refractivity contribution < 1.29 is 9.53 Å². The zero-order valence-corrected chi connectivity index (χ0v) is 12.9. The predicted molar refractivity (Wildman–Crippen MR) is 76.9 cm³/mol. The topological polar surface area (TPSA) is 63.5 Å². The second-order valence-electron chi connectivity index (χ2n) is 6.14. The normalized spacial score (nSPS) is 21.3. The molecule has 1 aromatic heterocycles. The number of ether oxygens (including phenoxy) is 1. The van der Waals surface area contributed by atoms with Crippen LogP contribution in [0.15, 0.2) is 0 Å². The number of nitrogens with zero attached hydrogens (tertiary/aromatic N) is 5. The second kappa shape index (κ2) is 5.63. The molecule has 1 aromatic rings. The minimum Gasteiger partial charge on any atom is -0.382 e. The van der Waals surface area contributed by atoms with Gasteiger partial charge in [-0.2, -0.15) is 0 Å². The van der Waals surface area contributed by atoms with Crippen LogP contribution >= 0.6 is 0 Å². The summed E-state index contributed by atoms with van der Waals surface area (Å²) in [5.41, 5.74) is 2.07. The fourth-order valence-corrected chi connectivity index (χ4v) is 2.90. The Bertz CT molecular complexity index is 523. The van der Waals surface area contributed by atoms with E-state index in [4.69, 9.17) is 4.74 Å². The van der Waals surface area contributed by atoms with Gasteiger partial charge in [-0.3, -0.25) is 0 Å². The zero-order chi connectivity index (χ0) is 15.0. The fraction of sp³-hybridized carbons (Fsp3) is 0.786. The molecule has 7 nitrogen and oxygen atoms in total. The van der Waals surface area contributed by atoms with Crippen LogP contribution in [0, 0.1) is 5.92 Å². The Morgan fingerprint density at radius 2 is 2.19 bits per heavy atom. The lowest BCUT2D eigenvalue weighted by molar-refractivity contribution is 0.0849. The van der Waals surface area contributed by atoms with Gasteiger partial charge in [-0.05, 0) is 18.8 Å². The van der Waals surface area contributed by atoms with Crippen molar-refractivity contribution in [3.8, 4) is 0 Å². The maximum absolute atomic E-state index is 12.3. The Hall–Kier alpha value is -1.63. The number of rotatable bonds is 4. The van der Waals surface area contributed by atoms with Crippen LogP contribution in [0.4, 0.5) is 4.79 Å². The average Bonchev–Trinajstić information content (AvgIpc) is 3.18. The van der Waals surface area contributed by atoms with Gasteiger partial charge in [0.1, 0.15) is 11.7 Å². The standard InChI is InChI=1S/C14H23N5O2/c1-17(2)14(20)18-7-6-11-13(12(18)9-21-3)15-16-19(11)8-10-4-5-10/h10,12H,4-9H2,1-3H3/t12-/m0/s1. The van der Waals surface area contributed by atoms with E-state index in [1.54, 1.807) is 26.1 Å². The lowest BCUT2D eigenvalue weighted by Crippen LogP contribution is -2.46. The second-order valence-corrected chi connectivity index (χ2v) is 6.14. The molecule has 0 unspecified atom stereocenters. The summed E-state index contributed by atoms with van der Waals surface area (Å²) in [5.74, 6) is 0.762. The lowest BCUT2D eigenvalue weighted by Gasteiger charge is -2.36. The van der Waals surface area contributed by atoms with Crippen LogP contribution in [0.3, 0.4) is 0 Å². The molecule has 0 N–H and O–H groups in total. The molecule has 7 heteroatoms. The van der Waals surface area contributed by atoms with Crippen LogP contribution in [0.25, 0.3) is 0 Å². The Labute approximate surface area is 124 Å². The van der Waals surface area contributed by atoms with Crippen molar-refractivity contribution >= 4 is 6.03 Å². The number of fused-ring (bicyclic) bond motifs is 1. The Kier molecular flexibility index (Phi) is 3.84. The minimum absolute atomic E-state index is 0.000516. The van der Waals surface area contributed by atoms with Gasteiger partial charge in [0.25, 0.3) is 0 Å². The highest BCUT2D eigenvalue weighted by molar-refractivity contribution is 5.74. The van der Waals surface area contributed by atoms with E-state index in [2.05, 4.69) is 10.3 Å². The molecule has 0 saturated heterocycles. The van der Waals surface area contributed by atoms with E-state index in [9.17, 15) is 4.79 Å². The highest BCUT2D eigenvalue weighted by Crippen LogP contribution is 2.33. The number of hydrogen-bond acceptors (Lipinski definition) is 4. The molecule has 1 saturated carbocycles. The maximum atomic E-state index is 12.3. The van der Waals surface area contributed by atoms with Crippen LogP contribution in [-0.4, -0.2) is 65.2 Å². The highest BCUT2D eigenvalue weighted by Gasteiger charge is 2.36. The first-order valence-electron chi connectivity index (χ1n) is 7.51. The van der Waals surface area contributed by atoms with Gasteiger partial charge in [-0.15, -0.1) is 5.10 Å². The SMILES string of the molecule is COC[C@H]1c2nnn(CC3CC3)c2CCN1C(=O)N(C)C. The molecule has 0 spiro atoms. The summed E-state index contributed by atoms with van der Waals surface area (Å²) in [6, 6.07) is -0.138. The molecule has 0 bridgehead atoms. The molecule has 21 heavy (non-hydrogen) atoms. The van der Waals surface area contributed by atoms with Crippen molar-refractivity contribution in [3.05, 3.63) is 11.4 Å². The van der Waals surface area contributed by atoms with E-state index in [0.717, 1.165) is 24.6 Å². The number of methoxy groups -OCH3 is 1. The lowest BCUT2D eigenvalue weighted by atomic mass is 10.0. The number of urea groups is 1. The zero-order valence-electron chi connectivity index (χ0n) is 12.9. The van der Waals surface area contributed by atoms with Crippen molar-refractivity contribution in [2.75, 3.05) is 34.4 Å². The molecular weight excluding hydrogens is 270 g/mol. The summed E-state index contributed by atoms with van der Waals surface area (Å²) in [7, 11) is 5.19. The number of carbonyl (C=O) groups excluding carboxylic acids is 1. The van der Waals surface area contributed by atoms with Crippen LogP contribution in [0.2, 0.25) is 0 Å². The minimum atomic E-state index is -0.137. The highest BCUT2D eigenvalue weighted by atomic mass is 16.5. The van der Waals surface area contributed by atoms with Crippen LogP contribution < -0.4 is 0 Å². The third-order valence-corrected chi connectivity index (χ3v) is 4.23. The molecule has 1 atom stereocenters. The number of carbonyl (C=O) groups is 1. The van der Waals surface area contributed by atoms with Crippen LogP contribution in [-0.2, 0) is 17.7 Å². The molecule has 2 amide bonds. The van der Waals surface area contributed by atoms with E-state index in [1.165, 1.54) is 18.5 Å². The smallest absolute Gasteiger partial charge is 0.320 e.